The lowest BCUT2D eigenvalue weighted by Gasteiger charge is -2.10. The molecule has 5 aromatic rings. The minimum absolute atomic E-state index is 0.225. The highest BCUT2D eigenvalue weighted by Crippen LogP contribution is 2.41. The van der Waals surface area contributed by atoms with Crippen LogP contribution in [0, 0.1) is 19.7 Å². The number of hydrogen-bond donors (Lipinski definition) is 0. The average Bonchev–Trinajstić information content (AvgIpc) is 3.20. The maximum Gasteiger partial charge on any atom is 0.168 e. The summed E-state index contributed by atoms with van der Waals surface area (Å²) in [6.45, 7) is 4.19. The highest BCUT2D eigenvalue weighted by atomic mass is 32.1. The van der Waals surface area contributed by atoms with Crippen LogP contribution in [0.2, 0.25) is 0 Å². The number of hydrogen-bond acceptors (Lipinski definition) is 3. The molecule has 0 aliphatic rings. The van der Waals surface area contributed by atoms with Gasteiger partial charge in [-0.3, -0.25) is 0 Å². The monoisotopic (exact) mass is 361 g/mol. The highest BCUT2D eigenvalue weighted by molar-refractivity contribution is 7.22. The second kappa shape index (κ2) is 5.35. The van der Waals surface area contributed by atoms with E-state index in [0.717, 1.165) is 42.6 Å². The topological polar surface area (TPSA) is 30.7 Å². The zero-order valence-corrected chi connectivity index (χ0v) is 15.5. The van der Waals surface area contributed by atoms with Gasteiger partial charge >= 0.3 is 0 Å². The summed E-state index contributed by atoms with van der Waals surface area (Å²) in [6, 6.07) is 9.29. The van der Waals surface area contributed by atoms with Crippen LogP contribution in [0.3, 0.4) is 0 Å². The molecule has 0 aliphatic carbocycles. The molecule has 0 saturated heterocycles. The SMILES string of the molecule is Cc1cc(C)c2c(c1)c1cc(F)ccc1c1nc(-c3nccn3C)sc12. The van der Waals surface area contributed by atoms with E-state index in [1.807, 2.05) is 23.9 Å². The molecule has 3 aromatic carbocycles. The first-order chi connectivity index (χ1) is 12.5. The number of rotatable bonds is 1. The van der Waals surface area contributed by atoms with Gasteiger partial charge in [0.25, 0.3) is 0 Å². The molecule has 2 heterocycles. The summed E-state index contributed by atoms with van der Waals surface area (Å²) in [7, 11) is 1.97. The zero-order valence-electron chi connectivity index (χ0n) is 14.7. The molecule has 0 spiro atoms. The minimum Gasteiger partial charge on any atom is -0.332 e. The van der Waals surface area contributed by atoms with E-state index in [1.54, 1.807) is 23.6 Å². The molecular weight excluding hydrogens is 345 g/mol. The third-order valence-electron chi connectivity index (χ3n) is 4.87. The van der Waals surface area contributed by atoms with Crippen LogP contribution in [0.4, 0.5) is 4.39 Å². The largest absolute Gasteiger partial charge is 0.332 e. The third-order valence-corrected chi connectivity index (χ3v) is 5.94. The Kier molecular flexibility index (Phi) is 3.18. The Morgan fingerprint density at radius 2 is 1.88 bits per heavy atom. The van der Waals surface area contributed by atoms with Crippen LogP contribution in [0.1, 0.15) is 11.1 Å². The Labute approximate surface area is 153 Å². The van der Waals surface area contributed by atoms with Gasteiger partial charge in [-0.25, -0.2) is 14.4 Å². The Bertz CT molecular complexity index is 1330. The van der Waals surface area contributed by atoms with Gasteiger partial charge in [0, 0.05) is 30.2 Å². The Morgan fingerprint density at radius 1 is 1.04 bits per heavy atom. The zero-order chi connectivity index (χ0) is 18.0. The summed E-state index contributed by atoms with van der Waals surface area (Å²) in [6.07, 6.45) is 3.70. The van der Waals surface area contributed by atoms with Crippen molar-refractivity contribution in [1.29, 1.82) is 0 Å². The fraction of sp³-hybridized carbons (Fsp3) is 0.143. The Morgan fingerprint density at radius 3 is 2.65 bits per heavy atom. The maximum absolute atomic E-state index is 14.0. The fourth-order valence-electron chi connectivity index (χ4n) is 3.77. The second-order valence-electron chi connectivity index (χ2n) is 6.75. The van der Waals surface area contributed by atoms with Crippen molar-refractivity contribution in [2.45, 2.75) is 13.8 Å². The molecule has 0 amide bonds. The second-order valence-corrected chi connectivity index (χ2v) is 7.75. The lowest BCUT2D eigenvalue weighted by atomic mass is 9.96. The van der Waals surface area contributed by atoms with E-state index in [9.17, 15) is 4.39 Å². The molecule has 0 aliphatic heterocycles. The molecule has 0 N–H and O–H groups in total. The molecule has 2 aromatic heterocycles. The van der Waals surface area contributed by atoms with Crippen molar-refractivity contribution in [3.05, 3.63) is 59.7 Å². The molecule has 0 bridgehead atoms. The van der Waals surface area contributed by atoms with E-state index in [4.69, 9.17) is 4.98 Å². The van der Waals surface area contributed by atoms with E-state index >= 15 is 0 Å². The van der Waals surface area contributed by atoms with Crippen LogP contribution >= 0.6 is 11.3 Å². The van der Waals surface area contributed by atoms with Crippen LogP contribution in [-0.2, 0) is 7.05 Å². The van der Waals surface area contributed by atoms with Gasteiger partial charge < -0.3 is 4.57 Å². The van der Waals surface area contributed by atoms with E-state index < -0.39 is 0 Å². The quantitative estimate of drug-likeness (QED) is 0.355. The molecule has 0 atom stereocenters. The summed E-state index contributed by atoms with van der Waals surface area (Å²) < 4.78 is 17.1. The lowest BCUT2D eigenvalue weighted by Crippen LogP contribution is -1.90. The number of imidazole rings is 1. The summed E-state index contributed by atoms with van der Waals surface area (Å²) in [5, 5.41) is 5.01. The van der Waals surface area contributed by atoms with Gasteiger partial charge in [0.15, 0.2) is 10.8 Å². The van der Waals surface area contributed by atoms with Crippen LogP contribution in [0.25, 0.3) is 42.6 Å². The summed E-state index contributed by atoms with van der Waals surface area (Å²) in [5.41, 5.74) is 3.28. The van der Waals surface area contributed by atoms with Crippen molar-refractivity contribution in [3.8, 4) is 10.8 Å². The Balaban J connectivity index is 2.03. The van der Waals surface area contributed by atoms with E-state index in [1.165, 1.54) is 17.2 Å². The fourth-order valence-corrected chi connectivity index (χ4v) is 5.01. The number of benzene rings is 3. The molecule has 0 saturated carbocycles. The molecule has 0 radical (unpaired) electrons. The first-order valence-corrected chi connectivity index (χ1v) is 9.25. The molecule has 0 unspecified atom stereocenters. The van der Waals surface area contributed by atoms with Crippen molar-refractivity contribution in [2.75, 3.05) is 0 Å². The predicted octanol–water partition coefficient (Wildman–Crippen LogP) is 5.76. The van der Waals surface area contributed by atoms with E-state index in [-0.39, 0.29) is 5.82 Å². The van der Waals surface area contributed by atoms with Crippen molar-refractivity contribution in [2.24, 2.45) is 7.05 Å². The number of halogens is 1. The smallest absolute Gasteiger partial charge is 0.168 e. The van der Waals surface area contributed by atoms with Crippen LogP contribution < -0.4 is 0 Å². The lowest BCUT2D eigenvalue weighted by molar-refractivity contribution is 0.630. The third kappa shape index (κ3) is 2.10. The Hall–Kier alpha value is -2.79. The number of aryl methyl sites for hydroxylation is 3. The average molecular weight is 361 g/mol. The summed E-state index contributed by atoms with van der Waals surface area (Å²) in [5.74, 6) is 0.622. The molecule has 3 nitrogen and oxygen atoms in total. The summed E-state index contributed by atoms with van der Waals surface area (Å²) in [4.78, 5) is 9.34. The van der Waals surface area contributed by atoms with Crippen LogP contribution in [-0.4, -0.2) is 14.5 Å². The van der Waals surface area contributed by atoms with E-state index in [0.29, 0.717) is 0 Å². The van der Waals surface area contributed by atoms with Gasteiger partial charge in [0.1, 0.15) is 5.82 Å². The van der Waals surface area contributed by atoms with Crippen molar-refractivity contribution < 1.29 is 4.39 Å². The van der Waals surface area contributed by atoms with Gasteiger partial charge in [-0.05, 0) is 48.4 Å². The minimum atomic E-state index is -0.225. The van der Waals surface area contributed by atoms with E-state index in [2.05, 4.69) is 31.0 Å². The number of thiazole rings is 1. The highest BCUT2D eigenvalue weighted by Gasteiger charge is 2.18. The molecule has 128 valence electrons. The first-order valence-electron chi connectivity index (χ1n) is 8.43. The molecule has 5 rings (SSSR count). The number of nitrogens with zero attached hydrogens (tertiary/aromatic N) is 3. The summed E-state index contributed by atoms with van der Waals surface area (Å²) >= 11 is 1.65. The van der Waals surface area contributed by atoms with Crippen molar-refractivity contribution >= 4 is 43.1 Å². The van der Waals surface area contributed by atoms with Gasteiger partial charge in [0.2, 0.25) is 0 Å². The molecule has 0 fully saturated rings. The van der Waals surface area contributed by atoms with Gasteiger partial charge in [-0.1, -0.05) is 17.7 Å². The standard InChI is InChI=1S/C21H16FN3S/c1-11-8-12(2)17-16(9-11)15-10-13(22)4-5-14(15)18-19(17)26-21(24-18)20-23-6-7-25(20)3/h4-10H,1-3H3. The number of fused-ring (bicyclic) bond motifs is 6. The maximum atomic E-state index is 14.0. The van der Waals surface area contributed by atoms with Gasteiger partial charge in [-0.15, -0.1) is 11.3 Å². The van der Waals surface area contributed by atoms with Crippen molar-refractivity contribution in [1.82, 2.24) is 14.5 Å². The van der Waals surface area contributed by atoms with Crippen LogP contribution in [0.15, 0.2) is 42.7 Å². The first kappa shape index (κ1) is 15.5. The molecule has 5 heteroatoms. The van der Waals surface area contributed by atoms with Crippen molar-refractivity contribution in [3.63, 3.8) is 0 Å². The normalized spacial score (nSPS) is 11.8. The molecule has 26 heavy (non-hydrogen) atoms. The van der Waals surface area contributed by atoms with Gasteiger partial charge in [-0.2, -0.15) is 0 Å². The predicted molar refractivity (Wildman–Crippen MR) is 106 cm³/mol. The molecular formula is C21H16FN3S. The number of aromatic nitrogens is 3. The van der Waals surface area contributed by atoms with Crippen LogP contribution in [0.5, 0.6) is 0 Å². The van der Waals surface area contributed by atoms with Gasteiger partial charge in [0.05, 0.1) is 10.2 Å².